The van der Waals surface area contributed by atoms with Crippen molar-refractivity contribution in [2.75, 3.05) is 12.4 Å². The molecule has 0 atom stereocenters. The number of benzene rings is 1. The minimum absolute atomic E-state index is 0.726. The van der Waals surface area contributed by atoms with E-state index in [0.717, 1.165) is 33.2 Å². The molecule has 0 bridgehead atoms. The average molecular weight is 256 g/mol. The van der Waals surface area contributed by atoms with E-state index in [-0.39, 0.29) is 0 Å². The van der Waals surface area contributed by atoms with E-state index >= 15 is 0 Å². The van der Waals surface area contributed by atoms with Crippen molar-refractivity contribution in [1.82, 2.24) is 15.2 Å². The summed E-state index contributed by atoms with van der Waals surface area (Å²) < 4.78 is 0. The van der Waals surface area contributed by atoms with E-state index in [4.69, 9.17) is 0 Å². The second-order valence-corrected chi connectivity index (χ2v) is 4.99. The Morgan fingerprint density at radius 3 is 2.83 bits per heavy atom. The quantitative estimate of drug-likeness (QED) is 0.783. The van der Waals surface area contributed by atoms with Gasteiger partial charge in [0.1, 0.15) is 5.01 Å². The number of pyridine rings is 1. The molecule has 0 fully saturated rings. The van der Waals surface area contributed by atoms with Crippen LogP contribution in [0.3, 0.4) is 0 Å². The molecule has 18 heavy (non-hydrogen) atoms. The fraction of sp³-hybridized carbons (Fsp3) is 0.154. The van der Waals surface area contributed by atoms with Crippen molar-refractivity contribution in [2.45, 2.75) is 6.42 Å². The topological polar surface area (TPSA) is 50.7 Å². The van der Waals surface area contributed by atoms with Gasteiger partial charge in [0, 0.05) is 24.5 Å². The van der Waals surface area contributed by atoms with Crippen LogP contribution in [-0.4, -0.2) is 22.2 Å². The van der Waals surface area contributed by atoms with E-state index in [9.17, 15) is 0 Å². The summed E-state index contributed by atoms with van der Waals surface area (Å²) in [6.07, 6.45) is 0.726. The summed E-state index contributed by atoms with van der Waals surface area (Å²) in [5.41, 5.74) is 2.04. The zero-order valence-corrected chi connectivity index (χ0v) is 10.7. The van der Waals surface area contributed by atoms with Gasteiger partial charge in [0.2, 0.25) is 5.13 Å². The maximum absolute atomic E-state index is 4.62. The molecule has 1 N–H and O–H groups in total. The number of fused-ring (bicyclic) bond motifs is 1. The first-order valence-corrected chi connectivity index (χ1v) is 6.51. The van der Waals surface area contributed by atoms with Crippen LogP contribution in [0.1, 0.15) is 10.7 Å². The second-order valence-electron chi connectivity index (χ2n) is 3.92. The zero-order chi connectivity index (χ0) is 12.4. The third-order valence-electron chi connectivity index (χ3n) is 2.67. The Morgan fingerprint density at radius 1 is 1.11 bits per heavy atom. The number of anilines is 1. The first kappa shape index (κ1) is 11.1. The second kappa shape index (κ2) is 4.70. The Balaban J connectivity index is 1.90. The van der Waals surface area contributed by atoms with Gasteiger partial charge in [0.25, 0.3) is 0 Å². The van der Waals surface area contributed by atoms with Gasteiger partial charge >= 0.3 is 0 Å². The van der Waals surface area contributed by atoms with E-state index in [1.165, 1.54) is 0 Å². The normalized spacial score (nSPS) is 10.7. The number of nitrogens with zero attached hydrogens (tertiary/aromatic N) is 3. The number of hydrogen-bond donors (Lipinski definition) is 1. The fourth-order valence-electron chi connectivity index (χ4n) is 1.79. The van der Waals surface area contributed by atoms with Crippen molar-refractivity contribution in [1.29, 1.82) is 0 Å². The van der Waals surface area contributed by atoms with Crippen LogP contribution >= 0.6 is 11.3 Å². The van der Waals surface area contributed by atoms with Crippen molar-refractivity contribution in [3.8, 4) is 0 Å². The summed E-state index contributed by atoms with van der Waals surface area (Å²) in [6, 6.07) is 12.3. The lowest BCUT2D eigenvalue weighted by Gasteiger charge is -2.00. The van der Waals surface area contributed by atoms with Crippen molar-refractivity contribution in [2.24, 2.45) is 0 Å². The summed E-state index contributed by atoms with van der Waals surface area (Å²) in [6.45, 7) is 0. The monoisotopic (exact) mass is 256 g/mol. The molecule has 2 heterocycles. The van der Waals surface area contributed by atoms with Gasteiger partial charge in [-0.25, -0.2) is 0 Å². The Bertz CT molecular complexity index is 677. The predicted molar refractivity (Wildman–Crippen MR) is 74.0 cm³/mol. The highest BCUT2D eigenvalue weighted by Gasteiger charge is 2.05. The van der Waals surface area contributed by atoms with Crippen molar-refractivity contribution < 1.29 is 0 Å². The van der Waals surface area contributed by atoms with Gasteiger partial charge in [-0.15, -0.1) is 10.2 Å². The Labute approximate surface area is 109 Å². The number of rotatable bonds is 3. The highest BCUT2D eigenvalue weighted by atomic mass is 32.1. The molecule has 0 aliphatic rings. The lowest BCUT2D eigenvalue weighted by atomic mass is 10.2. The van der Waals surface area contributed by atoms with E-state index in [0.29, 0.717) is 0 Å². The first-order valence-electron chi connectivity index (χ1n) is 5.70. The molecule has 3 aromatic rings. The lowest BCUT2D eigenvalue weighted by Crippen LogP contribution is -1.92. The van der Waals surface area contributed by atoms with Gasteiger partial charge in [0.15, 0.2) is 0 Å². The maximum atomic E-state index is 4.62. The molecule has 90 valence electrons. The Morgan fingerprint density at radius 2 is 2.00 bits per heavy atom. The van der Waals surface area contributed by atoms with E-state index in [2.05, 4.69) is 32.6 Å². The number of hydrogen-bond acceptors (Lipinski definition) is 5. The standard InChI is InChI=1S/C13H12N4S/c1-14-13-17-16-12(18-13)8-10-7-6-9-4-2-3-5-11(9)15-10/h2-7H,8H2,1H3,(H,14,17). The first-order chi connectivity index (χ1) is 8.85. The summed E-state index contributed by atoms with van der Waals surface area (Å²) in [5, 5.41) is 14.1. The van der Waals surface area contributed by atoms with E-state index < -0.39 is 0 Å². The van der Waals surface area contributed by atoms with Gasteiger partial charge in [0.05, 0.1) is 5.52 Å². The summed E-state index contributed by atoms with van der Waals surface area (Å²) in [4.78, 5) is 4.62. The Kier molecular flexibility index (Phi) is 2.90. The van der Waals surface area contributed by atoms with Crippen molar-refractivity contribution in [3.63, 3.8) is 0 Å². The molecule has 2 aromatic heterocycles. The van der Waals surface area contributed by atoms with Crippen molar-refractivity contribution in [3.05, 3.63) is 47.1 Å². The van der Waals surface area contributed by atoms with Gasteiger partial charge in [-0.2, -0.15) is 0 Å². The molecule has 0 spiro atoms. The summed E-state index contributed by atoms with van der Waals surface area (Å²) in [7, 11) is 1.85. The van der Waals surface area contributed by atoms with Gasteiger partial charge in [-0.1, -0.05) is 35.6 Å². The molecular formula is C13H12N4S. The van der Waals surface area contributed by atoms with E-state index in [1.54, 1.807) is 11.3 Å². The molecule has 5 heteroatoms. The molecule has 0 amide bonds. The highest BCUT2D eigenvalue weighted by Crippen LogP contribution is 2.18. The molecule has 0 unspecified atom stereocenters. The minimum atomic E-state index is 0.726. The van der Waals surface area contributed by atoms with Crippen molar-refractivity contribution >= 4 is 27.4 Å². The summed E-state index contributed by atoms with van der Waals surface area (Å²) in [5.74, 6) is 0. The van der Waals surface area contributed by atoms with Crippen LogP contribution in [0.15, 0.2) is 36.4 Å². The van der Waals surface area contributed by atoms with Crippen LogP contribution in [0.2, 0.25) is 0 Å². The van der Waals surface area contributed by atoms with Gasteiger partial charge < -0.3 is 5.32 Å². The fourth-order valence-corrected chi connectivity index (χ4v) is 2.50. The minimum Gasteiger partial charge on any atom is -0.363 e. The lowest BCUT2D eigenvalue weighted by molar-refractivity contribution is 0.983. The molecule has 0 radical (unpaired) electrons. The molecule has 3 rings (SSSR count). The molecule has 1 aromatic carbocycles. The molecule has 0 aliphatic heterocycles. The maximum Gasteiger partial charge on any atom is 0.205 e. The Hall–Kier alpha value is -2.01. The van der Waals surface area contributed by atoms with Crippen LogP contribution in [0, 0.1) is 0 Å². The molecule has 4 nitrogen and oxygen atoms in total. The molecular weight excluding hydrogens is 244 g/mol. The van der Waals surface area contributed by atoms with Crippen LogP contribution in [0.4, 0.5) is 5.13 Å². The molecule has 0 saturated heterocycles. The van der Waals surface area contributed by atoms with Crippen LogP contribution < -0.4 is 5.32 Å². The third kappa shape index (κ3) is 2.17. The number of nitrogens with one attached hydrogen (secondary N) is 1. The molecule has 0 aliphatic carbocycles. The number of para-hydroxylation sites is 1. The average Bonchev–Trinajstić information content (AvgIpc) is 2.86. The van der Waals surface area contributed by atoms with Gasteiger partial charge in [-0.05, 0) is 12.1 Å². The van der Waals surface area contributed by atoms with Crippen LogP contribution in [-0.2, 0) is 6.42 Å². The predicted octanol–water partition coefficient (Wildman–Crippen LogP) is 2.72. The highest BCUT2D eigenvalue weighted by molar-refractivity contribution is 7.15. The van der Waals surface area contributed by atoms with Crippen LogP contribution in [0.25, 0.3) is 10.9 Å². The molecule has 0 saturated carbocycles. The van der Waals surface area contributed by atoms with Gasteiger partial charge in [-0.3, -0.25) is 4.98 Å². The third-order valence-corrected chi connectivity index (χ3v) is 3.61. The smallest absolute Gasteiger partial charge is 0.205 e. The number of aromatic nitrogens is 3. The zero-order valence-electron chi connectivity index (χ0n) is 9.92. The van der Waals surface area contributed by atoms with Crippen LogP contribution in [0.5, 0.6) is 0 Å². The summed E-state index contributed by atoms with van der Waals surface area (Å²) >= 11 is 1.56. The largest absolute Gasteiger partial charge is 0.363 e. The van der Waals surface area contributed by atoms with E-state index in [1.807, 2.05) is 31.3 Å². The SMILES string of the molecule is CNc1nnc(Cc2ccc3ccccc3n2)s1.